The van der Waals surface area contributed by atoms with Crippen LogP contribution in [0.1, 0.15) is 15.9 Å². The molecule has 0 atom stereocenters. The van der Waals surface area contributed by atoms with Crippen LogP contribution in [0.4, 0.5) is 8.78 Å². The summed E-state index contributed by atoms with van der Waals surface area (Å²) in [4.78, 5) is 16.4. The Morgan fingerprint density at radius 1 is 0.935 bits per heavy atom. The van der Waals surface area contributed by atoms with E-state index in [0.717, 1.165) is 21.9 Å². The molecule has 2 heterocycles. The number of rotatable bonds is 6. The number of hydrogen-bond donors (Lipinski definition) is 6. The lowest BCUT2D eigenvalue weighted by Gasteiger charge is -2.05. The maximum absolute atomic E-state index is 13.2. The number of H-pyrrole nitrogens is 2. The molecule has 0 amide bonds. The molecule has 0 unspecified atom stereocenters. The number of halogens is 2. The van der Waals surface area contributed by atoms with Crippen molar-refractivity contribution in [3.63, 3.8) is 0 Å². The maximum Gasteiger partial charge on any atom is 0.152 e. The van der Waals surface area contributed by atoms with E-state index in [4.69, 9.17) is 15.9 Å². The second kappa shape index (κ2) is 12.6. The molecular formula is C22H26F2N4O3. The monoisotopic (exact) mass is 432 g/mol. The zero-order valence-electron chi connectivity index (χ0n) is 16.9. The molecule has 0 saturated heterocycles. The van der Waals surface area contributed by atoms with Gasteiger partial charge in [0.1, 0.15) is 11.6 Å². The highest BCUT2D eigenvalue weighted by atomic mass is 19.1. The van der Waals surface area contributed by atoms with Crippen LogP contribution in [0.5, 0.6) is 0 Å². The van der Waals surface area contributed by atoms with Crippen LogP contribution in [0.15, 0.2) is 48.8 Å². The topological polar surface area (TPSA) is 127 Å². The van der Waals surface area contributed by atoms with Crippen LogP contribution >= 0.6 is 0 Å². The Morgan fingerprint density at radius 2 is 1.52 bits per heavy atom. The summed E-state index contributed by atoms with van der Waals surface area (Å²) < 4.78 is 26.0. The second-order valence-electron chi connectivity index (χ2n) is 6.47. The van der Waals surface area contributed by atoms with Crippen LogP contribution in [-0.2, 0) is 6.54 Å². The third kappa shape index (κ3) is 6.97. The molecule has 7 nitrogen and oxygen atoms in total. The fourth-order valence-electron chi connectivity index (χ4n) is 2.91. The summed E-state index contributed by atoms with van der Waals surface area (Å²) in [5.41, 5.74) is 7.65. The molecule has 2 aromatic heterocycles. The number of aldehydes is 1. The van der Waals surface area contributed by atoms with E-state index in [1.54, 1.807) is 18.5 Å². The second-order valence-corrected chi connectivity index (χ2v) is 6.47. The van der Waals surface area contributed by atoms with E-state index in [9.17, 15) is 13.6 Å². The van der Waals surface area contributed by atoms with E-state index in [1.165, 1.54) is 24.3 Å². The number of aliphatic hydroxyl groups excluding tert-OH is 2. The van der Waals surface area contributed by atoms with Gasteiger partial charge in [0.05, 0.1) is 24.2 Å². The minimum absolute atomic E-state index is 0.0865. The highest BCUT2D eigenvalue weighted by Crippen LogP contribution is 2.19. The zero-order valence-corrected chi connectivity index (χ0v) is 16.9. The number of nitrogens with one attached hydrogen (secondary N) is 3. The molecule has 0 saturated carbocycles. The molecule has 0 bridgehead atoms. The lowest BCUT2D eigenvalue weighted by atomic mass is 10.1. The van der Waals surface area contributed by atoms with Crippen molar-refractivity contribution in [3.05, 3.63) is 71.6 Å². The summed E-state index contributed by atoms with van der Waals surface area (Å²) in [6, 6.07) is 9.18. The Labute approximate surface area is 177 Å². The Kier molecular flexibility index (Phi) is 9.79. The van der Waals surface area contributed by atoms with Gasteiger partial charge in [-0.3, -0.25) is 4.79 Å². The minimum atomic E-state index is -0.385. The van der Waals surface area contributed by atoms with Gasteiger partial charge in [-0.25, -0.2) is 8.78 Å². The molecule has 0 radical (unpaired) electrons. The molecule has 0 aliphatic carbocycles. The molecule has 7 N–H and O–H groups in total. The van der Waals surface area contributed by atoms with Crippen molar-refractivity contribution in [1.82, 2.24) is 15.3 Å². The van der Waals surface area contributed by atoms with Crippen LogP contribution in [0, 0.1) is 11.6 Å². The first-order valence-corrected chi connectivity index (χ1v) is 9.63. The Bertz CT molecular complexity index is 1090. The maximum atomic E-state index is 13.2. The first-order valence-electron chi connectivity index (χ1n) is 9.63. The molecule has 9 heteroatoms. The standard InChI is InChI=1S/C11H13FN2O.C9H6FNO.C2H7NO/c12-10-5-8-1-2-14-11(8)9(6-10)7-13-3-4-15;10-8-3-6-1-2-11-9(6)7(4-8)5-12;3-1-2-4/h1-2,5-6,13-15H,3-4,7H2;1-5,11H;4H,1-3H2. The van der Waals surface area contributed by atoms with Crippen LogP contribution in [0.3, 0.4) is 0 Å². The quantitative estimate of drug-likeness (QED) is 0.206. The number of carbonyl (C=O) groups is 1. The number of hydrogen-bond acceptors (Lipinski definition) is 5. The predicted molar refractivity (Wildman–Crippen MR) is 117 cm³/mol. The number of benzene rings is 2. The van der Waals surface area contributed by atoms with Gasteiger partial charge in [0.15, 0.2) is 6.29 Å². The van der Waals surface area contributed by atoms with Gasteiger partial charge in [0.2, 0.25) is 0 Å². The first kappa shape index (κ1) is 24.2. The van der Waals surface area contributed by atoms with Gasteiger partial charge < -0.3 is 31.2 Å². The van der Waals surface area contributed by atoms with Crippen molar-refractivity contribution in [3.8, 4) is 0 Å². The molecule has 4 rings (SSSR count). The first-order chi connectivity index (χ1) is 15.0. The number of aromatic amines is 2. The van der Waals surface area contributed by atoms with E-state index in [-0.39, 0.29) is 24.8 Å². The smallest absolute Gasteiger partial charge is 0.152 e. The largest absolute Gasteiger partial charge is 0.395 e. The molecule has 0 fully saturated rings. The number of aromatic nitrogens is 2. The van der Waals surface area contributed by atoms with Crippen LogP contribution < -0.4 is 11.1 Å². The van der Waals surface area contributed by atoms with Gasteiger partial charge >= 0.3 is 0 Å². The number of fused-ring (bicyclic) bond motifs is 2. The summed E-state index contributed by atoms with van der Waals surface area (Å²) in [6.07, 6.45) is 4.11. The molecule has 0 aliphatic rings. The number of aliphatic hydroxyl groups is 2. The Balaban J connectivity index is 0.000000192. The summed E-state index contributed by atoms with van der Waals surface area (Å²) in [7, 11) is 0. The highest BCUT2D eigenvalue weighted by Gasteiger charge is 2.05. The number of nitrogens with two attached hydrogens (primary N) is 1. The minimum Gasteiger partial charge on any atom is -0.395 e. The molecule has 166 valence electrons. The van der Waals surface area contributed by atoms with Crippen LogP contribution in [-0.4, -0.2) is 52.8 Å². The SMILES string of the molecule is NCCO.O=Cc1cc(F)cc2cc[nH]c12.OCCNCc1cc(F)cc2cc[nH]c12. The van der Waals surface area contributed by atoms with Gasteiger partial charge in [0, 0.05) is 48.4 Å². The van der Waals surface area contributed by atoms with E-state index in [2.05, 4.69) is 15.3 Å². The van der Waals surface area contributed by atoms with Crippen molar-refractivity contribution in [2.45, 2.75) is 6.54 Å². The van der Waals surface area contributed by atoms with Gasteiger partial charge in [-0.2, -0.15) is 0 Å². The van der Waals surface area contributed by atoms with Gasteiger partial charge in [-0.1, -0.05) is 0 Å². The van der Waals surface area contributed by atoms with E-state index >= 15 is 0 Å². The van der Waals surface area contributed by atoms with E-state index < -0.39 is 0 Å². The van der Waals surface area contributed by atoms with Crippen LogP contribution in [0.25, 0.3) is 21.8 Å². The third-order valence-corrected chi connectivity index (χ3v) is 4.22. The Morgan fingerprint density at radius 3 is 2.10 bits per heavy atom. The van der Waals surface area contributed by atoms with Crippen molar-refractivity contribution in [2.24, 2.45) is 5.73 Å². The fourth-order valence-corrected chi connectivity index (χ4v) is 2.91. The lowest BCUT2D eigenvalue weighted by molar-refractivity contribution is 0.112. The lowest BCUT2D eigenvalue weighted by Crippen LogP contribution is -2.17. The van der Waals surface area contributed by atoms with E-state index in [0.29, 0.717) is 37.0 Å². The summed E-state index contributed by atoms with van der Waals surface area (Å²) in [6.45, 7) is 1.62. The molecule has 31 heavy (non-hydrogen) atoms. The average Bonchev–Trinajstić information content (AvgIpc) is 3.43. The normalized spacial score (nSPS) is 10.4. The van der Waals surface area contributed by atoms with Crippen molar-refractivity contribution in [1.29, 1.82) is 0 Å². The van der Waals surface area contributed by atoms with E-state index in [1.807, 2.05) is 6.07 Å². The van der Waals surface area contributed by atoms with Gasteiger partial charge in [-0.05, 0) is 42.0 Å². The predicted octanol–water partition coefficient (Wildman–Crippen LogP) is 2.45. The molecule has 2 aromatic carbocycles. The van der Waals surface area contributed by atoms with Gasteiger partial charge in [-0.15, -0.1) is 0 Å². The van der Waals surface area contributed by atoms with Crippen molar-refractivity contribution >= 4 is 28.1 Å². The highest BCUT2D eigenvalue weighted by molar-refractivity contribution is 5.95. The molecule has 0 aliphatic heterocycles. The summed E-state index contributed by atoms with van der Waals surface area (Å²) >= 11 is 0. The third-order valence-electron chi connectivity index (χ3n) is 4.22. The number of carbonyl (C=O) groups excluding carboxylic acids is 1. The Hall–Kier alpha value is -3.11. The zero-order chi connectivity index (χ0) is 22.6. The summed E-state index contributed by atoms with van der Waals surface area (Å²) in [5.74, 6) is -0.618. The van der Waals surface area contributed by atoms with Crippen molar-refractivity contribution in [2.75, 3.05) is 26.3 Å². The van der Waals surface area contributed by atoms with Crippen molar-refractivity contribution < 1.29 is 23.8 Å². The average molecular weight is 432 g/mol. The fraction of sp³-hybridized carbons (Fsp3) is 0.227. The summed E-state index contributed by atoms with van der Waals surface area (Å²) in [5, 5.41) is 21.0. The molecule has 4 aromatic rings. The van der Waals surface area contributed by atoms with Gasteiger partial charge in [0.25, 0.3) is 0 Å². The molecule has 0 spiro atoms. The van der Waals surface area contributed by atoms with Crippen LogP contribution in [0.2, 0.25) is 0 Å². The molecular weight excluding hydrogens is 406 g/mol.